The van der Waals surface area contributed by atoms with Crippen molar-refractivity contribution in [2.24, 2.45) is 0 Å². The molecule has 1 aromatic carbocycles. The summed E-state index contributed by atoms with van der Waals surface area (Å²) in [4.78, 5) is 25.6. The van der Waals surface area contributed by atoms with E-state index in [0.717, 1.165) is 0 Å². The second-order valence-corrected chi connectivity index (χ2v) is 5.96. The molecule has 1 unspecified atom stereocenters. The van der Waals surface area contributed by atoms with Crippen molar-refractivity contribution in [2.45, 2.75) is 24.7 Å². The minimum atomic E-state index is -1.36. The molecular formula is C14H14N2O3S. The molecule has 5 nitrogen and oxygen atoms in total. The van der Waals surface area contributed by atoms with E-state index in [1.807, 2.05) is 6.07 Å². The van der Waals surface area contributed by atoms with Gasteiger partial charge in [-0.3, -0.25) is 13.8 Å². The molecule has 1 atom stereocenters. The standard InChI is InChI=1S/C14H14N2O3S/c1-10(17)11-4-5-13-12(8-11)16(7-3-2-6-15)14(18)9-20(13)19/h4-5,8H,2-3,7,9H2,1H3. The van der Waals surface area contributed by atoms with Crippen molar-refractivity contribution < 1.29 is 13.8 Å². The molecule has 0 fully saturated rings. The Labute approximate surface area is 119 Å². The Bertz CT molecular complexity index is 634. The maximum atomic E-state index is 12.0. The van der Waals surface area contributed by atoms with Crippen LogP contribution >= 0.6 is 0 Å². The van der Waals surface area contributed by atoms with Crippen LogP contribution in [0.1, 0.15) is 30.1 Å². The molecule has 1 aliphatic rings. The Morgan fingerprint density at radius 3 is 2.90 bits per heavy atom. The van der Waals surface area contributed by atoms with E-state index >= 15 is 0 Å². The van der Waals surface area contributed by atoms with E-state index in [-0.39, 0.29) is 17.4 Å². The van der Waals surface area contributed by atoms with E-state index in [9.17, 15) is 13.8 Å². The van der Waals surface area contributed by atoms with E-state index in [1.54, 1.807) is 18.2 Å². The van der Waals surface area contributed by atoms with Crippen LogP contribution in [-0.4, -0.2) is 28.2 Å². The van der Waals surface area contributed by atoms with Crippen LogP contribution in [0, 0.1) is 11.3 Å². The number of nitriles is 1. The minimum Gasteiger partial charge on any atom is -0.310 e. The zero-order valence-electron chi connectivity index (χ0n) is 11.1. The number of unbranched alkanes of at least 4 members (excludes halogenated alkanes) is 1. The fraction of sp³-hybridized carbons (Fsp3) is 0.357. The summed E-state index contributed by atoms with van der Waals surface area (Å²) >= 11 is 0. The number of amides is 1. The van der Waals surface area contributed by atoms with E-state index in [2.05, 4.69) is 0 Å². The molecule has 0 aliphatic carbocycles. The summed E-state index contributed by atoms with van der Waals surface area (Å²) in [5.41, 5.74) is 1.02. The van der Waals surface area contributed by atoms with Crippen molar-refractivity contribution in [3.05, 3.63) is 23.8 Å². The molecule has 1 aliphatic heterocycles. The van der Waals surface area contributed by atoms with E-state index in [1.165, 1.54) is 11.8 Å². The molecule has 0 saturated carbocycles. The van der Waals surface area contributed by atoms with Crippen LogP contribution in [0.5, 0.6) is 0 Å². The van der Waals surface area contributed by atoms with Crippen LogP contribution in [0.4, 0.5) is 5.69 Å². The summed E-state index contributed by atoms with van der Waals surface area (Å²) in [6.07, 6.45) is 0.910. The van der Waals surface area contributed by atoms with Crippen molar-refractivity contribution in [3.8, 4) is 6.07 Å². The van der Waals surface area contributed by atoms with Gasteiger partial charge in [0.25, 0.3) is 0 Å². The molecule has 1 aromatic rings. The van der Waals surface area contributed by atoms with Crippen LogP contribution in [-0.2, 0) is 15.6 Å². The third kappa shape index (κ3) is 2.78. The lowest BCUT2D eigenvalue weighted by Crippen LogP contribution is -2.39. The molecule has 20 heavy (non-hydrogen) atoms. The number of hydrogen-bond acceptors (Lipinski definition) is 4. The smallest absolute Gasteiger partial charge is 0.240 e. The Kier molecular flexibility index (Phi) is 4.30. The average Bonchev–Trinajstić information content (AvgIpc) is 2.41. The maximum absolute atomic E-state index is 12.0. The summed E-state index contributed by atoms with van der Waals surface area (Å²) in [5.74, 6) is -0.373. The van der Waals surface area contributed by atoms with E-state index < -0.39 is 10.8 Å². The normalized spacial score (nSPS) is 17.5. The van der Waals surface area contributed by atoms with Crippen LogP contribution in [0.2, 0.25) is 0 Å². The maximum Gasteiger partial charge on any atom is 0.240 e. The number of rotatable bonds is 4. The van der Waals surface area contributed by atoms with Gasteiger partial charge in [-0.2, -0.15) is 5.26 Å². The lowest BCUT2D eigenvalue weighted by molar-refractivity contribution is -0.116. The van der Waals surface area contributed by atoms with Gasteiger partial charge in [0.1, 0.15) is 5.75 Å². The first-order valence-electron chi connectivity index (χ1n) is 6.25. The molecule has 0 saturated heterocycles. The number of benzene rings is 1. The number of carbonyl (C=O) groups is 2. The molecule has 0 aromatic heterocycles. The minimum absolute atomic E-state index is 0.0427. The highest BCUT2D eigenvalue weighted by Gasteiger charge is 2.29. The lowest BCUT2D eigenvalue weighted by atomic mass is 10.1. The van der Waals surface area contributed by atoms with Crippen LogP contribution in [0.25, 0.3) is 0 Å². The molecular weight excluding hydrogens is 276 g/mol. The highest BCUT2D eigenvalue weighted by atomic mass is 32.2. The number of carbonyl (C=O) groups excluding carboxylic acids is 2. The van der Waals surface area contributed by atoms with Crippen LogP contribution < -0.4 is 4.90 Å². The summed E-state index contributed by atoms with van der Waals surface area (Å²) < 4.78 is 12.0. The number of fused-ring (bicyclic) bond motifs is 1. The van der Waals surface area contributed by atoms with Crippen molar-refractivity contribution in [2.75, 3.05) is 17.2 Å². The largest absolute Gasteiger partial charge is 0.310 e. The Hall–Kier alpha value is -2.00. The summed E-state index contributed by atoms with van der Waals surface area (Å²) in [5, 5.41) is 8.57. The first kappa shape index (κ1) is 14.4. The highest BCUT2D eigenvalue weighted by molar-refractivity contribution is 7.86. The topological polar surface area (TPSA) is 78.2 Å². The van der Waals surface area contributed by atoms with Gasteiger partial charge in [0, 0.05) is 18.5 Å². The third-order valence-electron chi connectivity index (χ3n) is 3.13. The van der Waals surface area contributed by atoms with E-state index in [0.29, 0.717) is 35.5 Å². The Balaban J connectivity index is 2.40. The predicted molar refractivity (Wildman–Crippen MR) is 74.9 cm³/mol. The van der Waals surface area contributed by atoms with Gasteiger partial charge in [-0.05, 0) is 25.5 Å². The van der Waals surface area contributed by atoms with Crippen LogP contribution in [0.15, 0.2) is 23.1 Å². The van der Waals surface area contributed by atoms with Gasteiger partial charge < -0.3 is 4.90 Å². The quantitative estimate of drug-likeness (QED) is 0.624. The second kappa shape index (κ2) is 5.97. The van der Waals surface area contributed by atoms with Gasteiger partial charge in [-0.25, -0.2) is 0 Å². The van der Waals surface area contributed by atoms with Crippen molar-refractivity contribution in [1.82, 2.24) is 0 Å². The number of nitrogens with zero attached hydrogens (tertiary/aromatic N) is 2. The fourth-order valence-electron chi connectivity index (χ4n) is 2.10. The van der Waals surface area contributed by atoms with Crippen molar-refractivity contribution >= 4 is 28.2 Å². The monoisotopic (exact) mass is 290 g/mol. The molecule has 1 heterocycles. The van der Waals surface area contributed by atoms with Gasteiger partial charge in [-0.15, -0.1) is 0 Å². The number of hydrogen-bond donors (Lipinski definition) is 0. The van der Waals surface area contributed by atoms with Gasteiger partial charge in [0.2, 0.25) is 5.91 Å². The number of Topliss-reactive ketones (excluding diaryl/α,β-unsaturated/α-hetero) is 1. The molecule has 0 spiro atoms. The lowest BCUT2D eigenvalue weighted by Gasteiger charge is -2.29. The van der Waals surface area contributed by atoms with Crippen molar-refractivity contribution in [3.63, 3.8) is 0 Å². The van der Waals surface area contributed by atoms with Gasteiger partial charge in [-0.1, -0.05) is 6.07 Å². The van der Waals surface area contributed by atoms with Gasteiger partial charge in [0.15, 0.2) is 5.78 Å². The number of anilines is 1. The zero-order chi connectivity index (χ0) is 14.7. The molecule has 1 amide bonds. The molecule has 104 valence electrons. The Morgan fingerprint density at radius 1 is 1.50 bits per heavy atom. The second-order valence-electron chi connectivity index (χ2n) is 4.54. The fourth-order valence-corrected chi connectivity index (χ4v) is 3.26. The summed E-state index contributed by atoms with van der Waals surface area (Å²) in [6.45, 7) is 1.85. The van der Waals surface area contributed by atoms with Gasteiger partial charge >= 0.3 is 0 Å². The molecule has 2 rings (SSSR count). The van der Waals surface area contributed by atoms with Crippen molar-refractivity contribution in [1.29, 1.82) is 5.26 Å². The summed E-state index contributed by atoms with van der Waals surface area (Å²) in [6, 6.07) is 6.91. The van der Waals surface area contributed by atoms with Gasteiger partial charge in [0.05, 0.1) is 27.5 Å². The number of ketones is 1. The predicted octanol–water partition coefficient (Wildman–Crippen LogP) is 1.65. The third-order valence-corrected chi connectivity index (χ3v) is 4.47. The average molecular weight is 290 g/mol. The first-order valence-corrected chi connectivity index (χ1v) is 7.57. The first-order chi connectivity index (χ1) is 9.54. The van der Waals surface area contributed by atoms with E-state index in [4.69, 9.17) is 5.26 Å². The molecule has 0 N–H and O–H groups in total. The van der Waals surface area contributed by atoms with Crippen LogP contribution in [0.3, 0.4) is 0 Å². The molecule has 0 bridgehead atoms. The molecule has 6 heteroatoms. The molecule has 0 radical (unpaired) electrons. The highest BCUT2D eigenvalue weighted by Crippen LogP contribution is 2.30. The Morgan fingerprint density at radius 2 is 2.25 bits per heavy atom. The summed E-state index contributed by atoms with van der Waals surface area (Å²) in [7, 11) is -1.36. The SMILES string of the molecule is CC(=O)c1ccc2c(c1)N(CCCC#N)C(=O)CS2=O. The zero-order valence-corrected chi connectivity index (χ0v) is 11.9.